The van der Waals surface area contributed by atoms with Gasteiger partial charge in [-0.15, -0.1) is 13.2 Å². The van der Waals surface area contributed by atoms with Crippen molar-refractivity contribution in [2.45, 2.75) is 6.36 Å². The first-order valence-corrected chi connectivity index (χ1v) is 8.93. The summed E-state index contributed by atoms with van der Waals surface area (Å²) in [4.78, 5) is 0. The van der Waals surface area contributed by atoms with Crippen molar-refractivity contribution in [1.29, 1.82) is 0 Å². The predicted molar refractivity (Wildman–Crippen MR) is 76.6 cm³/mol. The van der Waals surface area contributed by atoms with Crippen molar-refractivity contribution >= 4 is 0 Å². The first kappa shape index (κ1) is 19.4. The zero-order valence-electron chi connectivity index (χ0n) is 13.4. The highest BCUT2D eigenvalue weighted by Crippen LogP contribution is 2.28. The lowest BCUT2D eigenvalue weighted by Crippen LogP contribution is -3.61. The van der Waals surface area contributed by atoms with Crippen LogP contribution in [0.2, 0.25) is 0 Å². The first-order chi connectivity index (χ1) is 11.8. The van der Waals surface area contributed by atoms with Crippen molar-refractivity contribution in [3.63, 3.8) is 0 Å². The number of alkyl halides is 3. The van der Waals surface area contributed by atoms with Gasteiger partial charge in [-0.05, 0) is 12.1 Å². The fraction of sp³-hybridized carbons (Fsp3) is 0.250. The lowest BCUT2D eigenvalue weighted by atomic mass is 10.3. The molecule has 2 aromatic carbocycles. The Morgan fingerprint density at radius 2 is 1.44 bits per heavy atom. The summed E-state index contributed by atoms with van der Waals surface area (Å²) in [6, 6.07) is 6.33. The van der Waals surface area contributed by atoms with Crippen LogP contribution in [-0.4, -0.2) is 27.7 Å². The average molecular weight is 473 g/mol. The van der Waals surface area contributed by atoms with Crippen molar-refractivity contribution in [2.75, 3.05) is 21.3 Å². The molecule has 0 heterocycles. The van der Waals surface area contributed by atoms with Crippen LogP contribution in [0, 0.1) is 13.0 Å². The summed E-state index contributed by atoms with van der Waals surface area (Å²) in [5, 5.41) is 0. The van der Waals surface area contributed by atoms with Gasteiger partial charge >= 0.3 is 27.6 Å². The van der Waals surface area contributed by atoms with Crippen LogP contribution in [0.3, 0.4) is 0 Å². The number of benzene rings is 2. The molecule has 0 N–H and O–H groups in total. The van der Waals surface area contributed by atoms with E-state index >= 15 is 0 Å². The average Bonchev–Trinajstić information content (AvgIpc) is 2.55. The molecule has 0 bridgehead atoms. The van der Waals surface area contributed by atoms with Gasteiger partial charge in [-0.25, -0.2) is 4.39 Å². The van der Waals surface area contributed by atoms with Gasteiger partial charge in [0.25, 0.3) is 3.57 Å². The summed E-state index contributed by atoms with van der Waals surface area (Å²) in [6.07, 6.45) is -4.87. The molecule has 0 spiro atoms. The summed E-state index contributed by atoms with van der Waals surface area (Å²) >= 11 is -1.13. The Balaban J connectivity index is 2.36. The molecule has 0 aromatic heterocycles. The molecular formula is C16H14F4IO4+. The van der Waals surface area contributed by atoms with Crippen LogP contribution < -0.4 is 40.2 Å². The third-order valence-corrected chi connectivity index (χ3v) is 6.03. The number of ether oxygens (including phenoxy) is 4. The third-order valence-electron chi connectivity index (χ3n) is 2.98. The molecule has 136 valence electrons. The fourth-order valence-electron chi connectivity index (χ4n) is 1.91. The van der Waals surface area contributed by atoms with Gasteiger partial charge in [0.2, 0.25) is 3.57 Å². The highest BCUT2D eigenvalue weighted by Gasteiger charge is 2.33. The molecule has 0 saturated heterocycles. The van der Waals surface area contributed by atoms with E-state index in [0.717, 1.165) is 6.07 Å². The van der Waals surface area contributed by atoms with Gasteiger partial charge in [-0.2, -0.15) is 0 Å². The predicted octanol–water partition coefficient (Wildman–Crippen LogP) is 0.878. The molecule has 0 radical (unpaired) electrons. The molecule has 9 heteroatoms. The Morgan fingerprint density at radius 1 is 0.840 bits per heavy atom. The van der Waals surface area contributed by atoms with E-state index in [1.807, 2.05) is 0 Å². The van der Waals surface area contributed by atoms with E-state index in [4.69, 9.17) is 14.2 Å². The smallest absolute Gasteiger partial charge is 0.496 e. The number of hydrogen-bond acceptors (Lipinski definition) is 4. The molecule has 0 aliphatic heterocycles. The van der Waals surface area contributed by atoms with Gasteiger partial charge in [-0.3, -0.25) is 0 Å². The lowest BCUT2D eigenvalue weighted by molar-refractivity contribution is -0.601. The van der Waals surface area contributed by atoms with Crippen molar-refractivity contribution in [1.82, 2.24) is 0 Å². The molecule has 0 amide bonds. The Bertz CT molecular complexity index is 724. The minimum Gasteiger partial charge on any atom is -0.496 e. The number of hydrogen-bond donors (Lipinski definition) is 0. The maximum Gasteiger partial charge on any atom is 0.573 e. The van der Waals surface area contributed by atoms with E-state index in [1.54, 1.807) is 12.1 Å². The second kappa shape index (κ2) is 7.98. The summed E-state index contributed by atoms with van der Waals surface area (Å²) in [5.41, 5.74) is 0. The van der Waals surface area contributed by atoms with Crippen LogP contribution in [0.15, 0.2) is 30.3 Å². The minimum atomic E-state index is -4.87. The summed E-state index contributed by atoms with van der Waals surface area (Å²) < 4.78 is 71.2. The molecule has 0 saturated carbocycles. The number of rotatable bonds is 6. The fourth-order valence-corrected chi connectivity index (χ4v) is 4.55. The number of methoxy groups -OCH3 is 3. The molecule has 0 fully saturated rings. The lowest BCUT2D eigenvalue weighted by Gasteiger charge is -2.09. The molecule has 0 aliphatic rings. The Labute approximate surface area is 151 Å². The maximum absolute atomic E-state index is 14.2. The van der Waals surface area contributed by atoms with Crippen LogP contribution in [0.1, 0.15) is 0 Å². The van der Waals surface area contributed by atoms with E-state index < -0.39 is 39.1 Å². The van der Waals surface area contributed by atoms with E-state index in [1.165, 1.54) is 27.4 Å². The third kappa shape index (κ3) is 5.03. The molecule has 25 heavy (non-hydrogen) atoms. The second-order valence-electron chi connectivity index (χ2n) is 4.56. The van der Waals surface area contributed by atoms with E-state index in [0.29, 0.717) is 26.9 Å². The van der Waals surface area contributed by atoms with Crippen molar-refractivity contribution in [3.05, 3.63) is 43.3 Å². The van der Waals surface area contributed by atoms with Crippen LogP contribution in [0.5, 0.6) is 23.0 Å². The zero-order valence-corrected chi connectivity index (χ0v) is 15.6. The second-order valence-corrected chi connectivity index (χ2v) is 7.34. The Hall–Kier alpha value is -1.91. The maximum atomic E-state index is 14.2. The SMILES string of the molecule is COc1cc(OC)c([I+]c2ccc(OC(F)(F)F)cc2F)c(OC)c1. The van der Waals surface area contributed by atoms with Crippen LogP contribution >= 0.6 is 0 Å². The van der Waals surface area contributed by atoms with Gasteiger partial charge in [0, 0.05) is 18.2 Å². The molecular weight excluding hydrogens is 459 g/mol. The molecule has 2 aromatic rings. The first-order valence-electron chi connectivity index (χ1n) is 6.77. The molecule has 2 rings (SSSR count). The molecule has 4 nitrogen and oxygen atoms in total. The monoisotopic (exact) mass is 473 g/mol. The van der Waals surface area contributed by atoms with Gasteiger partial charge in [0.1, 0.15) is 11.5 Å². The normalized spacial score (nSPS) is 11.2. The van der Waals surface area contributed by atoms with Gasteiger partial charge < -0.3 is 18.9 Å². The van der Waals surface area contributed by atoms with Crippen molar-refractivity contribution in [2.24, 2.45) is 0 Å². The van der Waals surface area contributed by atoms with Crippen LogP contribution in [0.4, 0.5) is 17.6 Å². The van der Waals surface area contributed by atoms with Gasteiger partial charge in [-0.1, -0.05) is 0 Å². The van der Waals surface area contributed by atoms with Crippen molar-refractivity contribution < 1.29 is 57.7 Å². The van der Waals surface area contributed by atoms with E-state index in [-0.39, 0.29) is 3.57 Å². The largest absolute Gasteiger partial charge is 0.573 e. The minimum absolute atomic E-state index is 0.273. The zero-order chi connectivity index (χ0) is 18.6. The quantitative estimate of drug-likeness (QED) is 0.462. The molecule has 0 atom stereocenters. The molecule has 0 unspecified atom stereocenters. The van der Waals surface area contributed by atoms with Crippen LogP contribution in [-0.2, 0) is 0 Å². The van der Waals surface area contributed by atoms with Crippen molar-refractivity contribution in [3.8, 4) is 23.0 Å². The van der Waals surface area contributed by atoms with Gasteiger partial charge in [0.15, 0.2) is 17.3 Å². The standard InChI is InChI=1S/C16H14F4IO4/c1-22-10-7-13(23-2)15(14(8-10)24-3)21-12-5-4-9(6-11(12)17)25-16(18,19)20/h4-8H,1-3H3/q+1. The highest BCUT2D eigenvalue weighted by molar-refractivity contribution is 5.41. The number of halogens is 5. The van der Waals surface area contributed by atoms with E-state index in [2.05, 4.69) is 4.74 Å². The highest BCUT2D eigenvalue weighted by atomic mass is 127. The topological polar surface area (TPSA) is 36.9 Å². The Morgan fingerprint density at radius 3 is 1.88 bits per heavy atom. The van der Waals surface area contributed by atoms with E-state index in [9.17, 15) is 17.6 Å². The van der Waals surface area contributed by atoms with Gasteiger partial charge in [0.05, 0.1) is 21.3 Å². The summed E-state index contributed by atoms with van der Waals surface area (Å²) in [5.74, 6) is 0.0368. The van der Waals surface area contributed by atoms with Crippen LogP contribution in [0.25, 0.3) is 0 Å². The Kier molecular flexibility index (Phi) is 6.20. The summed E-state index contributed by atoms with van der Waals surface area (Å²) in [6.45, 7) is 0. The molecule has 0 aliphatic carbocycles. The summed E-state index contributed by atoms with van der Waals surface area (Å²) in [7, 11) is 4.40.